The molecule has 1 aliphatic carbocycles. The van der Waals surface area contributed by atoms with E-state index in [9.17, 15) is 14.4 Å². The van der Waals surface area contributed by atoms with Crippen LogP contribution in [0.25, 0.3) is 11.1 Å². The van der Waals surface area contributed by atoms with Crippen molar-refractivity contribution in [1.29, 1.82) is 0 Å². The van der Waals surface area contributed by atoms with Crippen molar-refractivity contribution < 1.29 is 29.0 Å². The standard InChI is InChI=1S/C26H32N2O6/c1-17(25(30)31)8-7-14-27-24(29)23(33-2)13-15-28-26(32)34-16-22-20-11-5-3-9-18(20)19-10-4-6-12-21(19)22/h3-6,9-12,17,22-23H,7-8,13-16H2,1-2H3,(H,27,29)(H,28,32)(H,30,31). The van der Waals surface area contributed by atoms with E-state index in [0.29, 0.717) is 19.4 Å². The van der Waals surface area contributed by atoms with E-state index in [0.717, 1.165) is 11.1 Å². The van der Waals surface area contributed by atoms with Gasteiger partial charge in [-0.2, -0.15) is 0 Å². The Labute approximate surface area is 199 Å². The van der Waals surface area contributed by atoms with Crippen LogP contribution >= 0.6 is 0 Å². The second kappa shape index (κ2) is 12.2. The highest BCUT2D eigenvalue weighted by Gasteiger charge is 2.29. The van der Waals surface area contributed by atoms with Crippen LogP contribution in [0.2, 0.25) is 0 Å². The molecule has 8 heteroatoms. The Morgan fingerprint density at radius 1 is 0.941 bits per heavy atom. The number of hydrogen-bond donors (Lipinski definition) is 3. The Kier molecular flexibility index (Phi) is 9.04. The van der Waals surface area contributed by atoms with Gasteiger partial charge >= 0.3 is 12.1 Å². The van der Waals surface area contributed by atoms with E-state index in [1.165, 1.54) is 18.2 Å². The smallest absolute Gasteiger partial charge is 0.407 e. The number of carboxylic acids is 1. The molecule has 182 valence electrons. The van der Waals surface area contributed by atoms with Gasteiger partial charge in [-0.1, -0.05) is 55.5 Å². The van der Waals surface area contributed by atoms with Gasteiger partial charge in [0.05, 0.1) is 5.92 Å². The zero-order chi connectivity index (χ0) is 24.5. The fourth-order valence-electron chi connectivity index (χ4n) is 4.17. The lowest BCUT2D eigenvalue weighted by Gasteiger charge is -2.17. The van der Waals surface area contributed by atoms with Crippen molar-refractivity contribution in [3.63, 3.8) is 0 Å². The Morgan fingerprint density at radius 3 is 2.15 bits per heavy atom. The number of hydrogen-bond acceptors (Lipinski definition) is 5. The fourth-order valence-corrected chi connectivity index (χ4v) is 4.17. The van der Waals surface area contributed by atoms with E-state index in [1.807, 2.05) is 24.3 Å². The minimum absolute atomic E-state index is 0.0144. The number of ether oxygens (including phenoxy) is 2. The predicted molar refractivity (Wildman–Crippen MR) is 128 cm³/mol. The van der Waals surface area contributed by atoms with E-state index < -0.39 is 24.1 Å². The molecule has 2 amide bonds. The monoisotopic (exact) mass is 468 g/mol. The molecular formula is C26H32N2O6. The third-order valence-corrected chi connectivity index (χ3v) is 6.13. The van der Waals surface area contributed by atoms with Gasteiger partial charge in [0.2, 0.25) is 5.91 Å². The lowest BCUT2D eigenvalue weighted by molar-refractivity contribution is -0.141. The number of fused-ring (bicyclic) bond motifs is 3. The zero-order valence-electron chi connectivity index (χ0n) is 19.6. The first kappa shape index (κ1) is 25.2. The van der Waals surface area contributed by atoms with Crippen molar-refractivity contribution in [3.8, 4) is 11.1 Å². The Morgan fingerprint density at radius 2 is 1.56 bits per heavy atom. The van der Waals surface area contributed by atoms with Crippen molar-refractivity contribution in [3.05, 3.63) is 59.7 Å². The SMILES string of the molecule is COC(CCNC(=O)OCC1c2ccccc2-c2ccccc21)C(=O)NCCCC(C)C(=O)O. The summed E-state index contributed by atoms with van der Waals surface area (Å²) in [6.07, 6.45) is 0.0769. The molecule has 2 unspecified atom stereocenters. The van der Waals surface area contributed by atoms with Crippen LogP contribution in [0.3, 0.4) is 0 Å². The van der Waals surface area contributed by atoms with Crippen LogP contribution in [0.15, 0.2) is 48.5 Å². The maximum absolute atomic E-state index is 12.3. The van der Waals surface area contributed by atoms with Gasteiger partial charge in [-0.3, -0.25) is 9.59 Å². The van der Waals surface area contributed by atoms with Crippen LogP contribution in [0.5, 0.6) is 0 Å². The van der Waals surface area contributed by atoms with E-state index in [1.54, 1.807) is 6.92 Å². The lowest BCUT2D eigenvalue weighted by atomic mass is 9.98. The number of methoxy groups -OCH3 is 1. The molecule has 0 saturated heterocycles. The maximum Gasteiger partial charge on any atom is 0.407 e. The van der Waals surface area contributed by atoms with Gasteiger partial charge < -0.3 is 25.2 Å². The molecule has 8 nitrogen and oxygen atoms in total. The van der Waals surface area contributed by atoms with Crippen LogP contribution in [0, 0.1) is 5.92 Å². The van der Waals surface area contributed by atoms with E-state index in [-0.39, 0.29) is 31.4 Å². The zero-order valence-corrected chi connectivity index (χ0v) is 19.6. The number of carbonyl (C=O) groups excluding carboxylic acids is 2. The van der Waals surface area contributed by atoms with Crippen molar-refractivity contribution in [2.24, 2.45) is 5.92 Å². The van der Waals surface area contributed by atoms with Crippen molar-refractivity contribution >= 4 is 18.0 Å². The molecule has 0 fully saturated rings. The summed E-state index contributed by atoms with van der Waals surface area (Å²) in [6.45, 7) is 2.45. The summed E-state index contributed by atoms with van der Waals surface area (Å²) in [5, 5.41) is 14.3. The number of carboxylic acid groups (broad SMARTS) is 1. The van der Waals surface area contributed by atoms with Crippen LogP contribution in [0.1, 0.15) is 43.2 Å². The Hall–Kier alpha value is -3.39. The number of amides is 2. The summed E-state index contributed by atoms with van der Waals surface area (Å²) < 4.78 is 10.7. The second-order valence-electron chi connectivity index (χ2n) is 8.44. The molecule has 0 radical (unpaired) electrons. The van der Waals surface area contributed by atoms with Crippen molar-refractivity contribution in [2.45, 2.75) is 38.2 Å². The molecule has 0 spiro atoms. The van der Waals surface area contributed by atoms with Gasteiger partial charge in [0.1, 0.15) is 12.7 Å². The minimum Gasteiger partial charge on any atom is -0.481 e. The normalized spacial score (nSPS) is 13.9. The number of nitrogens with one attached hydrogen (secondary N) is 2. The van der Waals surface area contributed by atoms with Gasteiger partial charge in [0.15, 0.2) is 0 Å². The molecule has 0 aromatic heterocycles. The largest absolute Gasteiger partial charge is 0.481 e. The molecule has 2 aromatic rings. The van der Waals surface area contributed by atoms with E-state index in [2.05, 4.69) is 34.9 Å². The lowest BCUT2D eigenvalue weighted by Crippen LogP contribution is -2.39. The first-order valence-electron chi connectivity index (χ1n) is 11.5. The van der Waals surface area contributed by atoms with Gasteiger partial charge in [-0.05, 0) is 35.1 Å². The second-order valence-corrected chi connectivity index (χ2v) is 8.44. The highest BCUT2D eigenvalue weighted by atomic mass is 16.5. The maximum atomic E-state index is 12.3. The molecule has 0 aliphatic heterocycles. The van der Waals surface area contributed by atoms with Gasteiger partial charge in [0, 0.05) is 32.5 Å². The average molecular weight is 469 g/mol. The Balaban J connectivity index is 1.40. The molecule has 2 atom stereocenters. The number of rotatable bonds is 12. The van der Waals surface area contributed by atoms with Crippen LogP contribution in [-0.2, 0) is 19.1 Å². The minimum atomic E-state index is -0.847. The molecule has 0 saturated carbocycles. The third-order valence-electron chi connectivity index (χ3n) is 6.13. The summed E-state index contributed by atoms with van der Waals surface area (Å²) in [7, 11) is 1.43. The van der Waals surface area contributed by atoms with Crippen LogP contribution < -0.4 is 10.6 Å². The first-order chi connectivity index (χ1) is 16.4. The van der Waals surface area contributed by atoms with Crippen LogP contribution in [0.4, 0.5) is 4.79 Å². The quantitative estimate of drug-likeness (QED) is 0.411. The average Bonchev–Trinajstić information content (AvgIpc) is 3.16. The topological polar surface area (TPSA) is 114 Å². The summed E-state index contributed by atoms with van der Waals surface area (Å²) in [6, 6.07) is 16.3. The van der Waals surface area contributed by atoms with Crippen molar-refractivity contribution in [1.82, 2.24) is 10.6 Å². The van der Waals surface area contributed by atoms with Crippen molar-refractivity contribution in [2.75, 3.05) is 26.8 Å². The molecule has 2 aromatic carbocycles. The molecule has 3 N–H and O–H groups in total. The number of carbonyl (C=O) groups is 3. The summed E-state index contributed by atoms with van der Waals surface area (Å²) in [5.74, 6) is -1.60. The Bertz CT molecular complexity index is 963. The third kappa shape index (κ3) is 6.35. The summed E-state index contributed by atoms with van der Waals surface area (Å²) in [4.78, 5) is 35.4. The van der Waals surface area contributed by atoms with Gasteiger partial charge in [0.25, 0.3) is 0 Å². The van der Waals surface area contributed by atoms with E-state index in [4.69, 9.17) is 14.6 Å². The number of benzene rings is 2. The highest BCUT2D eigenvalue weighted by Crippen LogP contribution is 2.44. The van der Waals surface area contributed by atoms with E-state index >= 15 is 0 Å². The number of alkyl carbamates (subject to hydrolysis) is 1. The molecule has 34 heavy (non-hydrogen) atoms. The summed E-state index contributed by atoms with van der Waals surface area (Å²) in [5.41, 5.74) is 4.62. The molecule has 1 aliphatic rings. The fraction of sp³-hybridized carbons (Fsp3) is 0.423. The molecule has 0 bridgehead atoms. The molecule has 3 rings (SSSR count). The molecular weight excluding hydrogens is 436 g/mol. The highest BCUT2D eigenvalue weighted by molar-refractivity contribution is 5.81. The van der Waals surface area contributed by atoms with Gasteiger partial charge in [-0.15, -0.1) is 0 Å². The van der Waals surface area contributed by atoms with Crippen LogP contribution in [-0.4, -0.2) is 56.0 Å². The van der Waals surface area contributed by atoms with Gasteiger partial charge in [-0.25, -0.2) is 4.79 Å². The number of aliphatic carboxylic acids is 1. The predicted octanol–water partition coefficient (Wildman–Crippen LogP) is 3.55. The molecule has 0 heterocycles. The summed E-state index contributed by atoms with van der Waals surface area (Å²) >= 11 is 0. The first-order valence-corrected chi connectivity index (χ1v) is 11.5.